The van der Waals surface area contributed by atoms with E-state index in [-0.39, 0.29) is 13.0 Å². The van der Waals surface area contributed by atoms with Gasteiger partial charge in [0.1, 0.15) is 0 Å². The van der Waals surface area contributed by atoms with Crippen molar-refractivity contribution in [3.05, 3.63) is 0 Å². The van der Waals surface area contributed by atoms with Crippen LogP contribution in [0.5, 0.6) is 0 Å². The first kappa shape index (κ1) is 10.5. The molecule has 0 bridgehead atoms. The summed E-state index contributed by atoms with van der Waals surface area (Å²) in [7, 11) is 0. The summed E-state index contributed by atoms with van der Waals surface area (Å²) in [6.07, 6.45) is 2.30. The van der Waals surface area contributed by atoms with Gasteiger partial charge in [-0.05, 0) is 12.8 Å². The molecule has 76 valence electrons. The van der Waals surface area contributed by atoms with Gasteiger partial charge in [0.25, 0.3) is 0 Å². The van der Waals surface area contributed by atoms with Crippen LogP contribution in [0.1, 0.15) is 19.3 Å². The van der Waals surface area contributed by atoms with Crippen LogP contribution in [-0.4, -0.2) is 37.3 Å². The van der Waals surface area contributed by atoms with Gasteiger partial charge < -0.3 is 19.9 Å². The minimum atomic E-state index is -0.973. The van der Waals surface area contributed by atoms with Crippen molar-refractivity contribution in [3.8, 4) is 0 Å². The largest absolute Gasteiger partial charge is 0.550 e. The first-order valence-electron chi connectivity index (χ1n) is 4.86. The van der Waals surface area contributed by atoms with Gasteiger partial charge in [0, 0.05) is 18.3 Å². The van der Waals surface area contributed by atoms with Crippen LogP contribution in [0.2, 0.25) is 0 Å². The average Bonchev–Trinajstić information content (AvgIpc) is 2.15. The minimum Gasteiger partial charge on any atom is -0.550 e. The Balaban J connectivity index is 2.21. The molecule has 1 aliphatic heterocycles. The van der Waals surface area contributed by atoms with E-state index in [2.05, 4.69) is 0 Å². The summed E-state index contributed by atoms with van der Waals surface area (Å²) < 4.78 is 0. The number of piperidine rings is 1. The molecule has 4 heteroatoms. The Morgan fingerprint density at radius 2 is 2.38 bits per heavy atom. The maximum atomic E-state index is 10.2. The quantitative estimate of drug-likeness (QED) is 0.508. The van der Waals surface area contributed by atoms with Crippen molar-refractivity contribution in [2.75, 3.05) is 26.2 Å². The number of hydrogen-bond donors (Lipinski definition) is 2. The van der Waals surface area contributed by atoms with Gasteiger partial charge in [-0.2, -0.15) is 0 Å². The lowest BCUT2D eigenvalue weighted by Crippen LogP contribution is -3.13. The lowest BCUT2D eigenvalue weighted by atomic mass is 9.99. The average molecular weight is 187 g/mol. The Morgan fingerprint density at radius 1 is 1.62 bits per heavy atom. The molecule has 1 saturated heterocycles. The Kier molecular flexibility index (Phi) is 4.18. The molecule has 0 amide bonds. The van der Waals surface area contributed by atoms with Gasteiger partial charge in [0.05, 0.1) is 26.2 Å². The molecule has 0 aliphatic carbocycles. The number of hydrogen-bond acceptors (Lipinski definition) is 3. The SMILES string of the molecule is O=C([O-])CC[NH+]1CCC[C@@H](CO)C1. The number of aliphatic hydroxyl groups is 1. The van der Waals surface area contributed by atoms with E-state index in [4.69, 9.17) is 5.11 Å². The number of carboxylic acids is 1. The summed E-state index contributed by atoms with van der Waals surface area (Å²) in [5.41, 5.74) is 0. The maximum Gasteiger partial charge on any atom is 0.0824 e. The van der Waals surface area contributed by atoms with Gasteiger partial charge in [-0.3, -0.25) is 0 Å². The van der Waals surface area contributed by atoms with Crippen molar-refractivity contribution in [1.82, 2.24) is 0 Å². The third-order valence-corrected chi connectivity index (χ3v) is 2.66. The van der Waals surface area contributed by atoms with E-state index in [1.165, 1.54) is 4.90 Å². The van der Waals surface area contributed by atoms with E-state index in [1.54, 1.807) is 0 Å². The molecule has 0 spiro atoms. The van der Waals surface area contributed by atoms with E-state index in [1.807, 2.05) is 0 Å². The third kappa shape index (κ3) is 3.74. The highest BCUT2D eigenvalue weighted by Crippen LogP contribution is 2.05. The maximum absolute atomic E-state index is 10.2. The predicted molar refractivity (Wildman–Crippen MR) is 45.0 cm³/mol. The summed E-state index contributed by atoms with van der Waals surface area (Å²) in [5.74, 6) is -0.607. The van der Waals surface area contributed by atoms with Crippen molar-refractivity contribution >= 4 is 5.97 Å². The van der Waals surface area contributed by atoms with E-state index < -0.39 is 5.97 Å². The monoisotopic (exact) mass is 187 g/mol. The number of carbonyl (C=O) groups excluding carboxylic acids is 1. The molecule has 13 heavy (non-hydrogen) atoms. The number of rotatable bonds is 4. The second-order valence-electron chi connectivity index (χ2n) is 3.77. The smallest absolute Gasteiger partial charge is 0.0824 e. The summed E-state index contributed by atoms with van der Waals surface area (Å²) >= 11 is 0. The standard InChI is InChI=1S/C9H17NO3/c11-7-8-2-1-4-10(6-8)5-3-9(12)13/h8,11H,1-7H2,(H,12,13)/t8-/m1/s1. The Morgan fingerprint density at radius 3 is 3.00 bits per heavy atom. The molecular weight excluding hydrogens is 170 g/mol. The van der Waals surface area contributed by atoms with Gasteiger partial charge in [0.2, 0.25) is 0 Å². The molecule has 0 radical (unpaired) electrons. The van der Waals surface area contributed by atoms with Crippen LogP contribution >= 0.6 is 0 Å². The molecule has 1 unspecified atom stereocenters. The number of aliphatic carboxylic acids is 1. The Bertz CT molecular complexity index is 172. The number of likely N-dealkylation sites (tertiary alicyclic amines) is 1. The van der Waals surface area contributed by atoms with Crippen molar-refractivity contribution in [1.29, 1.82) is 0 Å². The highest BCUT2D eigenvalue weighted by atomic mass is 16.4. The molecule has 2 N–H and O–H groups in total. The number of carbonyl (C=O) groups is 1. The lowest BCUT2D eigenvalue weighted by molar-refractivity contribution is -0.908. The molecule has 0 saturated carbocycles. The summed E-state index contributed by atoms with van der Waals surface area (Å²) in [6.45, 7) is 2.81. The topological polar surface area (TPSA) is 64.8 Å². The Hall–Kier alpha value is -0.610. The molecule has 1 rings (SSSR count). The predicted octanol–water partition coefficient (Wildman–Crippen LogP) is -2.59. The first-order chi connectivity index (χ1) is 6.22. The zero-order chi connectivity index (χ0) is 9.68. The molecule has 0 aromatic heterocycles. The Labute approximate surface area is 78.2 Å². The van der Waals surface area contributed by atoms with Gasteiger partial charge in [-0.25, -0.2) is 0 Å². The zero-order valence-electron chi connectivity index (χ0n) is 7.79. The second-order valence-corrected chi connectivity index (χ2v) is 3.77. The fourth-order valence-electron chi connectivity index (χ4n) is 1.91. The number of nitrogens with one attached hydrogen (secondary N) is 1. The highest BCUT2D eigenvalue weighted by Gasteiger charge is 2.21. The second kappa shape index (κ2) is 5.19. The fraction of sp³-hybridized carbons (Fsp3) is 0.889. The number of carboxylic acid groups (broad SMARTS) is 1. The lowest BCUT2D eigenvalue weighted by Gasteiger charge is -2.28. The van der Waals surface area contributed by atoms with Crippen molar-refractivity contribution in [3.63, 3.8) is 0 Å². The van der Waals surface area contributed by atoms with Gasteiger partial charge in [0.15, 0.2) is 0 Å². The summed E-state index contributed by atoms with van der Waals surface area (Å²) in [5, 5.41) is 19.2. The molecular formula is C9H17NO3. The molecule has 0 aromatic rings. The van der Waals surface area contributed by atoms with Crippen LogP contribution in [0.3, 0.4) is 0 Å². The molecule has 4 nitrogen and oxygen atoms in total. The van der Waals surface area contributed by atoms with Gasteiger partial charge in [-0.1, -0.05) is 0 Å². The molecule has 1 aliphatic rings. The molecule has 1 heterocycles. The molecule has 1 fully saturated rings. The number of aliphatic hydroxyl groups excluding tert-OH is 1. The van der Waals surface area contributed by atoms with Crippen LogP contribution in [-0.2, 0) is 4.79 Å². The van der Waals surface area contributed by atoms with E-state index in [9.17, 15) is 9.90 Å². The van der Waals surface area contributed by atoms with Crippen molar-refractivity contribution in [2.45, 2.75) is 19.3 Å². The molecule has 0 aromatic carbocycles. The van der Waals surface area contributed by atoms with Crippen LogP contribution in [0.15, 0.2) is 0 Å². The minimum absolute atomic E-state index is 0.132. The van der Waals surface area contributed by atoms with E-state index >= 15 is 0 Å². The van der Waals surface area contributed by atoms with Crippen LogP contribution in [0.25, 0.3) is 0 Å². The van der Waals surface area contributed by atoms with Gasteiger partial charge >= 0.3 is 0 Å². The van der Waals surface area contributed by atoms with Crippen LogP contribution in [0.4, 0.5) is 0 Å². The molecule has 2 atom stereocenters. The summed E-state index contributed by atoms with van der Waals surface area (Å²) in [4.78, 5) is 11.5. The van der Waals surface area contributed by atoms with Gasteiger partial charge in [-0.15, -0.1) is 0 Å². The fourth-order valence-corrected chi connectivity index (χ4v) is 1.91. The van der Waals surface area contributed by atoms with E-state index in [0.29, 0.717) is 12.5 Å². The van der Waals surface area contributed by atoms with Crippen molar-refractivity contribution in [2.24, 2.45) is 5.92 Å². The zero-order valence-corrected chi connectivity index (χ0v) is 7.79. The highest BCUT2D eigenvalue weighted by molar-refractivity contribution is 5.64. The summed E-state index contributed by atoms with van der Waals surface area (Å²) in [6, 6.07) is 0. The van der Waals surface area contributed by atoms with Crippen molar-refractivity contribution < 1.29 is 19.9 Å². The third-order valence-electron chi connectivity index (χ3n) is 2.66. The number of quaternary nitrogens is 1. The normalized spacial score (nSPS) is 28.7. The van der Waals surface area contributed by atoms with Crippen LogP contribution < -0.4 is 10.0 Å². The first-order valence-corrected chi connectivity index (χ1v) is 4.86. The van der Waals surface area contributed by atoms with Crippen LogP contribution in [0, 0.1) is 5.92 Å². The van der Waals surface area contributed by atoms with E-state index in [0.717, 1.165) is 25.9 Å².